The van der Waals surface area contributed by atoms with Crippen LogP contribution in [0.2, 0.25) is 5.15 Å². The van der Waals surface area contributed by atoms with Crippen molar-refractivity contribution in [1.82, 2.24) is 4.98 Å². The number of hydrogen-bond acceptors (Lipinski definition) is 3. The molecular weight excluding hydrogens is 222 g/mol. The van der Waals surface area contributed by atoms with E-state index in [2.05, 4.69) is 22.9 Å². The number of anilines is 1. The highest BCUT2D eigenvalue weighted by Gasteiger charge is 2.22. The van der Waals surface area contributed by atoms with E-state index in [0.29, 0.717) is 10.7 Å². The van der Waals surface area contributed by atoms with Gasteiger partial charge in [0, 0.05) is 13.1 Å². The molecule has 4 heteroatoms. The molecule has 1 unspecified atom stereocenters. The number of nitriles is 1. The van der Waals surface area contributed by atoms with Gasteiger partial charge in [0.2, 0.25) is 0 Å². The van der Waals surface area contributed by atoms with E-state index < -0.39 is 0 Å². The number of aromatic nitrogens is 1. The minimum atomic E-state index is 0.397. The number of nitrogens with zero attached hydrogens (tertiary/aromatic N) is 3. The van der Waals surface area contributed by atoms with Crippen molar-refractivity contribution in [3.63, 3.8) is 0 Å². The van der Waals surface area contributed by atoms with Crippen molar-refractivity contribution in [2.75, 3.05) is 18.0 Å². The van der Waals surface area contributed by atoms with E-state index in [-0.39, 0.29) is 0 Å². The second kappa shape index (κ2) is 4.71. The molecule has 1 aromatic rings. The maximum Gasteiger partial charge on any atom is 0.132 e. The van der Waals surface area contributed by atoms with Crippen LogP contribution in [0.1, 0.15) is 25.3 Å². The van der Waals surface area contributed by atoms with Gasteiger partial charge in [0.15, 0.2) is 0 Å². The van der Waals surface area contributed by atoms with Crippen LogP contribution in [0.3, 0.4) is 0 Å². The highest BCUT2D eigenvalue weighted by molar-refractivity contribution is 6.29. The lowest BCUT2D eigenvalue weighted by atomic mass is 10.1. The summed E-state index contributed by atoms with van der Waals surface area (Å²) in [5.74, 6) is 1.58. The normalized spacial score (nSPS) is 19.8. The van der Waals surface area contributed by atoms with E-state index in [0.717, 1.165) is 24.8 Å². The second-order valence-corrected chi connectivity index (χ2v) is 4.54. The van der Waals surface area contributed by atoms with Crippen LogP contribution in [0.25, 0.3) is 0 Å². The Hall–Kier alpha value is -1.27. The molecule has 0 spiro atoms. The number of rotatable bonds is 2. The van der Waals surface area contributed by atoms with Crippen LogP contribution in [-0.2, 0) is 0 Å². The average molecular weight is 236 g/mol. The summed E-state index contributed by atoms with van der Waals surface area (Å²) in [6, 6.07) is 5.51. The predicted octanol–water partition coefficient (Wildman–Crippen LogP) is 2.84. The highest BCUT2D eigenvalue weighted by Crippen LogP contribution is 2.25. The van der Waals surface area contributed by atoms with Crippen LogP contribution < -0.4 is 4.90 Å². The van der Waals surface area contributed by atoms with Gasteiger partial charge in [0.05, 0.1) is 11.6 Å². The van der Waals surface area contributed by atoms with Crippen molar-refractivity contribution in [2.24, 2.45) is 5.92 Å². The van der Waals surface area contributed by atoms with Crippen LogP contribution in [0, 0.1) is 17.2 Å². The fraction of sp³-hybridized carbons (Fsp3) is 0.500. The fourth-order valence-electron chi connectivity index (χ4n) is 2.08. The third-order valence-corrected chi connectivity index (χ3v) is 3.29. The van der Waals surface area contributed by atoms with Gasteiger partial charge in [0.25, 0.3) is 0 Å². The molecular formula is C12H14ClN3. The van der Waals surface area contributed by atoms with Gasteiger partial charge in [-0.1, -0.05) is 24.9 Å². The Labute approximate surface area is 101 Å². The average Bonchev–Trinajstić information content (AvgIpc) is 2.76. The van der Waals surface area contributed by atoms with Gasteiger partial charge < -0.3 is 4.90 Å². The highest BCUT2D eigenvalue weighted by atomic mass is 35.5. The number of hydrogen-bond donors (Lipinski definition) is 0. The zero-order valence-electron chi connectivity index (χ0n) is 9.28. The van der Waals surface area contributed by atoms with E-state index >= 15 is 0 Å². The zero-order valence-corrected chi connectivity index (χ0v) is 10.0. The summed E-state index contributed by atoms with van der Waals surface area (Å²) in [5, 5.41) is 9.27. The summed E-state index contributed by atoms with van der Waals surface area (Å²) in [5.41, 5.74) is 0.579. The summed E-state index contributed by atoms with van der Waals surface area (Å²) in [7, 11) is 0. The third kappa shape index (κ3) is 2.28. The quantitative estimate of drug-likeness (QED) is 0.740. The largest absolute Gasteiger partial charge is 0.356 e. The van der Waals surface area contributed by atoms with Crippen LogP contribution >= 0.6 is 11.6 Å². The summed E-state index contributed by atoms with van der Waals surface area (Å²) in [4.78, 5) is 6.48. The molecule has 2 rings (SSSR count). The molecule has 0 N–H and O–H groups in total. The van der Waals surface area contributed by atoms with Crippen molar-refractivity contribution in [2.45, 2.75) is 19.8 Å². The van der Waals surface area contributed by atoms with Crippen LogP contribution in [0.15, 0.2) is 12.1 Å². The molecule has 1 saturated heterocycles. The van der Waals surface area contributed by atoms with Crippen molar-refractivity contribution in [1.29, 1.82) is 5.26 Å². The molecule has 0 bridgehead atoms. The number of pyridine rings is 1. The predicted molar refractivity (Wildman–Crippen MR) is 64.6 cm³/mol. The standard InChI is InChI=1S/C12H14ClN3/c1-2-9-3-4-16(8-9)12-6-10(7-14)5-11(13)15-12/h5-6,9H,2-4,8H2,1H3. The van der Waals surface area contributed by atoms with E-state index in [9.17, 15) is 0 Å². The van der Waals surface area contributed by atoms with Gasteiger partial charge in [-0.25, -0.2) is 4.98 Å². The molecule has 84 valence electrons. The lowest BCUT2D eigenvalue weighted by Crippen LogP contribution is -2.20. The Morgan fingerprint density at radius 2 is 2.44 bits per heavy atom. The molecule has 0 aromatic carbocycles. The van der Waals surface area contributed by atoms with Gasteiger partial charge in [0.1, 0.15) is 11.0 Å². The summed E-state index contributed by atoms with van der Waals surface area (Å²) in [6.45, 7) is 4.24. The Bertz CT molecular complexity index is 425. The first-order valence-electron chi connectivity index (χ1n) is 5.55. The zero-order chi connectivity index (χ0) is 11.5. The Kier molecular flexibility index (Phi) is 3.31. The summed E-state index contributed by atoms with van der Waals surface area (Å²) >= 11 is 5.89. The van der Waals surface area contributed by atoms with Gasteiger partial charge in [-0.15, -0.1) is 0 Å². The molecule has 1 atom stereocenters. The SMILES string of the molecule is CCC1CCN(c2cc(C#N)cc(Cl)n2)C1. The molecule has 0 amide bonds. The molecule has 0 aliphatic carbocycles. The Morgan fingerprint density at radius 3 is 3.06 bits per heavy atom. The first-order valence-corrected chi connectivity index (χ1v) is 5.93. The molecule has 0 saturated carbocycles. The summed E-state index contributed by atoms with van der Waals surface area (Å²) in [6.07, 6.45) is 2.40. The second-order valence-electron chi connectivity index (χ2n) is 4.16. The molecule has 1 aromatic heterocycles. The minimum Gasteiger partial charge on any atom is -0.356 e. The van der Waals surface area contributed by atoms with Crippen molar-refractivity contribution < 1.29 is 0 Å². The van der Waals surface area contributed by atoms with Gasteiger partial charge >= 0.3 is 0 Å². The Morgan fingerprint density at radius 1 is 1.62 bits per heavy atom. The lowest BCUT2D eigenvalue weighted by molar-refractivity contribution is 0.569. The monoisotopic (exact) mass is 235 g/mol. The van der Waals surface area contributed by atoms with E-state index in [1.807, 2.05) is 6.07 Å². The maximum atomic E-state index is 8.87. The van der Waals surface area contributed by atoms with E-state index in [1.54, 1.807) is 6.07 Å². The molecule has 16 heavy (non-hydrogen) atoms. The van der Waals surface area contributed by atoms with Gasteiger partial charge in [-0.2, -0.15) is 5.26 Å². The first kappa shape index (κ1) is 11.2. The van der Waals surface area contributed by atoms with Crippen molar-refractivity contribution >= 4 is 17.4 Å². The fourth-order valence-corrected chi connectivity index (χ4v) is 2.29. The van der Waals surface area contributed by atoms with Crippen LogP contribution in [0.4, 0.5) is 5.82 Å². The molecule has 1 aliphatic heterocycles. The molecule has 2 heterocycles. The molecule has 1 fully saturated rings. The third-order valence-electron chi connectivity index (χ3n) is 3.10. The van der Waals surface area contributed by atoms with Gasteiger partial charge in [-0.3, -0.25) is 0 Å². The maximum absolute atomic E-state index is 8.87. The van der Waals surface area contributed by atoms with Crippen LogP contribution in [0.5, 0.6) is 0 Å². The van der Waals surface area contributed by atoms with Crippen molar-refractivity contribution in [3.05, 3.63) is 22.8 Å². The van der Waals surface area contributed by atoms with Gasteiger partial charge in [-0.05, 0) is 24.5 Å². The molecule has 3 nitrogen and oxygen atoms in total. The lowest BCUT2D eigenvalue weighted by Gasteiger charge is -2.17. The van der Waals surface area contributed by atoms with E-state index in [4.69, 9.17) is 16.9 Å². The molecule has 0 radical (unpaired) electrons. The first-order chi connectivity index (χ1) is 7.72. The smallest absolute Gasteiger partial charge is 0.132 e. The Balaban J connectivity index is 2.21. The van der Waals surface area contributed by atoms with E-state index in [1.165, 1.54) is 12.8 Å². The topological polar surface area (TPSA) is 39.9 Å². The van der Waals surface area contributed by atoms with Crippen LogP contribution in [-0.4, -0.2) is 18.1 Å². The minimum absolute atomic E-state index is 0.397. The molecule has 1 aliphatic rings. The number of halogens is 1. The summed E-state index contributed by atoms with van der Waals surface area (Å²) < 4.78 is 0. The van der Waals surface area contributed by atoms with Crippen molar-refractivity contribution in [3.8, 4) is 6.07 Å².